The number of amides is 1. The van der Waals surface area contributed by atoms with Gasteiger partial charge in [-0.05, 0) is 48.2 Å². The van der Waals surface area contributed by atoms with Crippen LogP contribution in [0, 0.1) is 0 Å². The molecule has 0 aliphatic carbocycles. The zero-order valence-corrected chi connectivity index (χ0v) is 16.7. The highest BCUT2D eigenvalue weighted by molar-refractivity contribution is 5.76. The highest BCUT2D eigenvalue weighted by Gasteiger charge is 2.19. The maximum Gasteiger partial charge on any atom is 0.222 e. The van der Waals surface area contributed by atoms with Gasteiger partial charge >= 0.3 is 0 Å². The van der Waals surface area contributed by atoms with Crippen LogP contribution in [0.5, 0.6) is 0 Å². The fourth-order valence-electron chi connectivity index (χ4n) is 3.81. The summed E-state index contributed by atoms with van der Waals surface area (Å²) in [6.07, 6.45) is 9.68. The summed E-state index contributed by atoms with van der Waals surface area (Å²) in [7, 11) is 0. The maximum atomic E-state index is 12.6. The minimum Gasteiger partial charge on any atom is -0.341 e. The van der Waals surface area contributed by atoms with E-state index < -0.39 is 0 Å². The van der Waals surface area contributed by atoms with Gasteiger partial charge in [0.15, 0.2) is 0 Å². The smallest absolute Gasteiger partial charge is 0.222 e. The first kappa shape index (κ1) is 19.3. The Hall–Kier alpha value is -2.99. The number of hydrogen-bond acceptors (Lipinski definition) is 4. The molecule has 150 valence electrons. The lowest BCUT2D eigenvalue weighted by Crippen LogP contribution is -2.35. The lowest BCUT2D eigenvalue weighted by Gasteiger charge is -2.22. The summed E-state index contributed by atoms with van der Waals surface area (Å²) in [4.78, 5) is 21.2. The average Bonchev–Trinajstić information content (AvgIpc) is 3.20. The van der Waals surface area contributed by atoms with Crippen LogP contribution in [0.1, 0.15) is 24.0 Å². The Labute approximate surface area is 171 Å². The van der Waals surface area contributed by atoms with Gasteiger partial charge in [-0.15, -0.1) is 0 Å². The number of rotatable bonds is 6. The molecule has 0 N–H and O–H groups in total. The van der Waals surface area contributed by atoms with E-state index in [1.54, 1.807) is 12.4 Å². The molecule has 6 heteroatoms. The van der Waals surface area contributed by atoms with E-state index in [1.165, 1.54) is 5.56 Å². The monoisotopic (exact) mass is 389 g/mol. The van der Waals surface area contributed by atoms with Gasteiger partial charge in [-0.3, -0.25) is 14.7 Å². The average molecular weight is 390 g/mol. The van der Waals surface area contributed by atoms with Crippen molar-refractivity contribution in [2.75, 3.05) is 26.2 Å². The van der Waals surface area contributed by atoms with Crippen molar-refractivity contribution < 1.29 is 4.79 Å². The van der Waals surface area contributed by atoms with Gasteiger partial charge in [-0.25, -0.2) is 4.68 Å². The highest BCUT2D eigenvalue weighted by Crippen LogP contribution is 2.14. The third kappa shape index (κ3) is 5.29. The fourth-order valence-corrected chi connectivity index (χ4v) is 3.81. The Morgan fingerprint density at radius 3 is 2.72 bits per heavy atom. The van der Waals surface area contributed by atoms with Crippen LogP contribution in [0.25, 0.3) is 5.69 Å². The largest absolute Gasteiger partial charge is 0.341 e. The van der Waals surface area contributed by atoms with Crippen LogP contribution in [0.2, 0.25) is 0 Å². The van der Waals surface area contributed by atoms with Crippen LogP contribution in [-0.4, -0.2) is 56.7 Å². The summed E-state index contributed by atoms with van der Waals surface area (Å²) in [6, 6.07) is 14.4. The number of aromatic nitrogens is 3. The van der Waals surface area contributed by atoms with Gasteiger partial charge in [0.2, 0.25) is 5.91 Å². The molecule has 0 unspecified atom stereocenters. The third-order valence-corrected chi connectivity index (χ3v) is 5.38. The van der Waals surface area contributed by atoms with Gasteiger partial charge in [-0.1, -0.05) is 18.2 Å². The lowest BCUT2D eigenvalue weighted by atomic mass is 10.1. The number of pyridine rings is 1. The Morgan fingerprint density at radius 2 is 1.90 bits per heavy atom. The first-order valence-electron chi connectivity index (χ1n) is 10.3. The fraction of sp³-hybridized carbons (Fsp3) is 0.348. The molecule has 3 aromatic rings. The number of aryl methyl sites for hydroxylation is 1. The van der Waals surface area contributed by atoms with E-state index >= 15 is 0 Å². The van der Waals surface area contributed by atoms with Gasteiger partial charge in [-0.2, -0.15) is 5.10 Å². The minimum atomic E-state index is 0.247. The molecule has 0 saturated carbocycles. The molecule has 1 saturated heterocycles. The number of carbonyl (C=O) groups is 1. The predicted octanol–water partition coefficient (Wildman–Crippen LogP) is 2.93. The zero-order chi connectivity index (χ0) is 19.9. The van der Waals surface area contributed by atoms with Crippen molar-refractivity contribution in [3.63, 3.8) is 0 Å². The quantitative estimate of drug-likeness (QED) is 0.650. The molecule has 0 radical (unpaired) electrons. The van der Waals surface area contributed by atoms with Crippen LogP contribution >= 0.6 is 0 Å². The van der Waals surface area contributed by atoms with Gasteiger partial charge in [0.05, 0.1) is 5.69 Å². The van der Waals surface area contributed by atoms with Crippen molar-refractivity contribution in [2.24, 2.45) is 0 Å². The molecule has 29 heavy (non-hydrogen) atoms. The molecule has 2 aromatic heterocycles. The molecule has 1 fully saturated rings. The second kappa shape index (κ2) is 9.47. The molecule has 0 spiro atoms. The molecule has 1 aliphatic rings. The van der Waals surface area contributed by atoms with E-state index in [-0.39, 0.29) is 5.91 Å². The van der Waals surface area contributed by atoms with Gasteiger partial charge < -0.3 is 4.90 Å². The number of nitrogens with zero attached hydrogens (tertiary/aromatic N) is 5. The Bertz CT molecular complexity index is 910. The van der Waals surface area contributed by atoms with E-state index in [4.69, 9.17) is 0 Å². The van der Waals surface area contributed by atoms with Crippen LogP contribution in [0.15, 0.2) is 67.3 Å². The zero-order valence-electron chi connectivity index (χ0n) is 16.7. The normalized spacial score (nSPS) is 15.2. The Kier molecular flexibility index (Phi) is 6.32. The van der Waals surface area contributed by atoms with Crippen LogP contribution in [0.3, 0.4) is 0 Å². The van der Waals surface area contributed by atoms with E-state index in [9.17, 15) is 4.79 Å². The standard InChI is InChI=1S/C23H27N5O/c29-23(9-8-20-6-2-10-24-18-20)27-13-4-12-26(15-16-27)19-21-5-1-7-22(17-21)28-14-3-11-25-28/h1-3,5-7,10-11,14,17-18H,4,8-9,12-13,15-16,19H2. The summed E-state index contributed by atoms with van der Waals surface area (Å²) in [5.74, 6) is 0.247. The molecule has 3 heterocycles. The number of carbonyl (C=O) groups excluding carboxylic acids is 1. The molecule has 6 nitrogen and oxygen atoms in total. The van der Waals surface area contributed by atoms with E-state index in [2.05, 4.69) is 39.2 Å². The van der Waals surface area contributed by atoms with Crippen molar-refractivity contribution in [3.8, 4) is 5.69 Å². The van der Waals surface area contributed by atoms with Gasteiger partial charge in [0, 0.05) is 63.9 Å². The van der Waals surface area contributed by atoms with Crippen LogP contribution in [-0.2, 0) is 17.8 Å². The summed E-state index contributed by atoms with van der Waals surface area (Å²) >= 11 is 0. The van der Waals surface area contributed by atoms with Crippen molar-refractivity contribution in [2.45, 2.75) is 25.8 Å². The summed E-state index contributed by atoms with van der Waals surface area (Å²) < 4.78 is 1.88. The maximum absolute atomic E-state index is 12.6. The second-order valence-corrected chi connectivity index (χ2v) is 7.49. The van der Waals surface area contributed by atoms with Gasteiger partial charge in [0.1, 0.15) is 0 Å². The molecular weight excluding hydrogens is 362 g/mol. The van der Waals surface area contributed by atoms with Crippen molar-refractivity contribution in [1.29, 1.82) is 0 Å². The first-order chi connectivity index (χ1) is 14.3. The summed E-state index contributed by atoms with van der Waals surface area (Å²) in [5, 5.41) is 4.31. The van der Waals surface area contributed by atoms with Crippen LogP contribution < -0.4 is 0 Å². The first-order valence-corrected chi connectivity index (χ1v) is 10.3. The molecular formula is C23H27N5O. The van der Waals surface area contributed by atoms with E-state index in [0.717, 1.165) is 56.8 Å². The molecule has 1 amide bonds. The van der Waals surface area contributed by atoms with Crippen LogP contribution in [0.4, 0.5) is 0 Å². The van der Waals surface area contributed by atoms with Crippen molar-refractivity contribution in [1.82, 2.24) is 24.6 Å². The summed E-state index contributed by atoms with van der Waals surface area (Å²) in [5.41, 5.74) is 3.47. The SMILES string of the molecule is O=C(CCc1cccnc1)N1CCCN(Cc2cccc(-n3cccn3)c2)CC1. The van der Waals surface area contributed by atoms with Crippen molar-refractivity contribution in [3.05, 3.63) is 78.4 Å². The lowest BCUT2D eigenvalue weighted by molar-refractivity contribution is -0.131. The van der Waals surface area contributed by atoms with E-state index in [0.29, 0.717) is 6.42 Å². The number of hydrogen-bond donors (Lipinski definition) is 0. The number of benzene rings is 1. The topological polar surface area (TPSA) is 54.3 Å². The van der Waals surface area contributed by atoms with E-state index in [1.807, 2.05) is 40.2 Å². The third-order valence-electron chi connectivity index (χ3n) is 5.38. The molecule has 1 aromatic carbocycles. The Morgan fingerprint density at radius 1 is 0.966 bits per heavy atom. The molecule has 0 bridgehead atoms. The minimum absolute atomic E-state index is 0.247. The molecule has 0 atom stereocenters. The van der Waals surface area contributed by atoms with Crippen molar-refractivity contribution >= 4 is 5.91 Å². The summed E-state index contributed by atoms with van der Waals surface area (Å²) in [6.45, 7) is 4.45. The predicted molar refractivity (Wildman–Crippen MR) is 113 cm³/mol. The second-order valence-electron chi connectivity index (χ2n) is 7.49. The molecule has 1 aliphatic heterocycles. The highest BCUT2D eigenvalue weighted by atomic mass is 16.2. The van der Waals surface area contributed by atoms with Gasteiger partial charge in [0.25, 0.3) is 0 Å². The molecule has 4 rings (SSSR count). The Balaban J connectivity index is 1.30.